The van der Waals surface area contributed by atoms with Gasteiger partial charge in [0.05, 0.1) is 0 Å². The van der Waals surface area contributed by atoms with E-state index in [9.17, 15) is 4.79 Å². The van der Waals surface area contributed by atoms with E-state index in [1.165, 1.54) is 11.9 Å². The lowest BCUT2D eigenvalue weighted by molar-refractivity contribution is -0.138. The zero-order valence-corrected chi connectivity index (χ0v) is 6.71. The molecule has 0 unspecified atom stereocenters. The van der Waals surface area contributed by atoms with Gasteiger partial charge in [-0.15, -0.1) is 0 Å². The quantitative estimate of drug-likeness (QED) is 0.414. The first-order chi connectivity index (χ1) is 4.22. The highest BCUT2D eigenvalue weighted by molar-refractivity contribution is 7.96. The van der Waals surface area contributed by atoms with E-state index in [-0.39, 0.29) is 0 Å². The zero-order valence-electron chi connectivity index (χ0n) is 5.00. The van der Waals surface area contributed by atoms with Gasteiger partial charge in [-0.3, -0.25) is 4.79 Å². The molecule has 1 atom stereocenters. The highest BCUT2D eigenvalue weighted by atomic mass is 32.2. The van der Waals surface area contributed by atoms with Crippen LogP contribution in [-0.4, -0.2) is 29.1 Å². The molecule has 0 saturated heterocycles. The predicted molar refractivity (Wildman–Crippen MR) is 41.9 cm³/mol. The van der Waals surface area contributed by atoms with Crippen LogP contribution in [0.3, 0.4) is 0 Å². The highest BCUT2D eigenvalue weighted by Gasteiger charge is 2.12. The minimum absolute atomic E-state index is 0.316. The smallest absolute Gasteiger partial charge is 0.322 e. The lowest BCUT2D eigenvalue weighted by Gasteiger charge is -2.06. The molecule has 0 aromatic carbocycles. The van der Waals surface area contributed by atoms with Crippen LogP contribution in [-0.2, 0) is 4.79 Å². The molecule has 0 aliphatic rings. The molecule has 3 nitrogen and oxygen atoms in total. The standard InChI is InChI=1S/C4H9NO2S2/c1-9-5-3(2-8)4(6)7/h3,5,8H,2H2,1H3,(H,6,7)/t3-/m0/s1. The highest BCUT2D eigenvalue weighted by Crippen LogP contribution is 1.93. The second-order valence-electron chi connectivity index (χ2n) is 1.40. The molecular weight excluding hydrogens is 158 g/mol. The summed E-state index contributed by atoms with van der Waals surface area (Å²) >= 11 is 5.12. The van der Waals surface area contributed by atoms with Crippen LogP contribution in [0.15, 0.2) is 0 Å². The summed E-state index contributed by atoms with van der Waals surface area (Å²) in [5, 5.41) is 8.38. The largest absolute Gasteiger partial charge is 0.480 e. The number of hydrogen-bond donors (Lipinski definition) is 3. The van der Waals surface area contributed by atoms with Gasteiger partial charge in [0.25, 0.3) is 0 Å². The molecule has 0 bridgehead atoms. The summed E-state index contributed by atoms with van der Waals surface area (Å²) < 4.78 is 2.67. The predicted octanol–water partition coefficient (Wildman–Crippen LogP) is 0.237. The van der Waals surface area contributed by atoms with Crippen LogP contribution in [0.25, 0.3) is 0 Å². The van der Waals surface area contributed by atoms with Gasteiger partial charge in [-0.25, -0.2) is 4.72 Å². The molecule has 0 radical (unpaired) electrons. The van der Waals surface area contributed by atoms with Gasteiger partial charge in [0, 0.05) is 5.75 Å². The number of carbonyl (C=O) groups is 1. The van der Waals surface area contributed by atoms with E-state index >= 15 is 0 Å². The molecule has 0 heterocycles. The minimum atomic E-state index is -0.862. The number of nitrogens with one attached hydrogen (secondary N) is 1. The Kier molecular flexibility index (Phi) is 5.03. The third kappa shape index (κ3) is 3.66. The van der Waals surface area contributed by atoms with Gasteiger partial charge in [0.1, 0.15) is 6.04 Å². The van der Waals surface area contributed by atoms with Crippen molar-refractivity contribution in [1.82, 2.24) is 4.72 Å². The fourth-order valence-corrected chi connectivity index (χ4v) is 1.15. The average Bonchev–Trinajstić information content (AvgIpc) is 1.82. The van der Waals surface area contributed by atoms with Crippen LogP contribution in [0.1, 0.15) is 0 Å². The first kappa shape index (κ1) is 9.13. The molecule has 5 heteroatoms. The molecule has 0 fully saturated rings. The van der Waals surface area contributed by atoms with E-state index in [4.69, 9.17) is 5.11 Å². The van der Waals surface area contributed by atoms with Crippen LogP contribution >= 0.6 is 24.6 Å². The van der Waals surface area contributed by atoms with Crippen LogP contribution in [0, 0.1) is 0 Å². The van der Waals surface area contributed by atoms with Crippen molar-refractivity contribution >= 4 is 30.5 Å². The van der Waals surface area contributed by atoms with Crippen molar-refractivity contribution in [3.63, 3.8) is 0 Å². The molecule has 0 aromatic rings. The maximum atomic E-state index is 10.2. The monoisotopic (exact) mass is 167 g/mol. The van der Waals surface area contributed by atoms with Crippen molar-refractivity contribution in [3.05, 3.63) is 0 Å². The second-order valence-corrected chi connectivity index (χ2v) is 2.40. The summed E-state index contributed by atoms with van der Waals surface area (Å²) in [5.74, 6) is -0.546. The number of rotatable bonds is 4. The maximum absolute atomic E-state index is 10.2. The fraction of sp³-hybridized carbons (Fsp3) is 0.750. The van der Waals surface area contributed by atoms with Crippen molar-refractivity contribution in [3.8, 4) is 0 Å². The molecule has 54 valence electrons. The third-order valence-electron chi connectivity index (χ3n) is 0.741. The van der Waals surface area contributed by atoms with Crippen molar-refractivity contribution in [2.24, 2.45) is 0 Å². The van der Waals surface area contributed by atoms with E-state index in [0.717, 1.165) is 0 Å². The Hall–Kier alpha value is 0.130. The summed E-state index contributed by atoms with van der Waals surface area (Å²) in [6, 6.07) is -0.539. The normalized spacial score (nSPS) is 13.1. The van der Waals surface area contributed by atoms with E-state index in [0.29, 0.717) is 5.75 Å². The summed E-state index contributed by atoms with van der Waals surface area (Å²) in [7, 11) is 0. The zero-order chi connectivity index (χ0) is 7.28. The number of aliphatic carboxylic acids is 1. The van der Waals surface area contributed by atoms with Crippen molar-refractivity contribution in [2.45, 2.75) is 6.04 Å². The summed E-state index contributed by atoms with van der Waals surface area (Å²) in [6.45, 7) is 0. The van der Waals surface area contributed by atoms with Gasteiger partial charge in [0.2, 0.25) is 0 Å². The van der Waals surface area contributed by atoms with Crippen LogP contribution in [0.2, 0.25) is 0 Å². The molecule has 9 heavy (non-hydrogen) atoms. The van der Waals surface area contributed by atoms with E-state index < -0.39 is 12.0 Å². The Labute approximate surface area is 63.8 Å². The SMILES string of the molecule is CSN[C@@H](CS)C(=O)O. The Morgan fingerprint density at radius 1 is 2.00 bits per heavy atom. The Morgan fingerprint density at radius 2 is 2.56 bits per heavy atom. The van der Waals surface area contributed by atoms with Crippen molar-refractivity contribution in [1.29, 1.82) is 0 Å². The number of carboxylic acid groups (broad SMARTS) is 1. The van der Waals surface area contributed by atoms with Gasteiger partial charge >= 0.3 is 5.97 Å². The van der Waals surface area contributed by atoms with Crippen molar-refractivity contribution < 1.29 is 9.90 Å². The maximum Gasteiger partial charge on any atom is 0.322 e. The van der Waals surface area contributed by atoms with Crippen LogP contribution < -0.4 is 4.72 Å². The lowest BCUT2D eigenvalue weighted by Crippen LogP contribution is -2.33. The number of thiol groups is 1. The molecule has 0 aromatic heterocycles. The Morgan fingerprint density at radius 3 is 2.67 bits per heavy atom. The van der Waals surface area contributed by atoms with Gasteiger partial charge in [-0.2, -0.15) is 12.6 Å². The van der Waals surface area contributed by atoms with Crippen LogP contribution in [0.4, 0.5) is 0 Å². The molecule has 0 rings (SSSR count). The van der Waals surface area contributed by atoms with Gasteiger partial charge in [0.15, 0.2) is 0 Å². The Bertz CT molecular complexity index is 98.6. The van der Waals surface area contributed by atoms with Gasteiger partial charge in [-0.1, -0.05) is 11.9 Å². The van der Waals surface area contributed by atoms with E-state index in [1.54, 1.807) is 6.26 Å². The second kappa shape index (κ2) is 4.96. The van der Waals surface area contributed by atoms with E-state index in [2.05, 4.69) is 17.4 Å². The molecular formula is C4H9NO2S2. The van der Waals surface area contributed by atoms with Crippen LogP contribution in [0.5, 0.6) is 0 Å². The molecule has 0 saturated carbocycles. The first-order valence-corrected chi connectivity index (χ1v) is 4.20. The molecule has 0 amide bonds. The summed E-state index contributed by atoms with van der Waals surface area (Å²) in [5.41, 5.74) is 0. The number of hydrogen-bond acceptors (Lipinski definition) is 4. The molecule has 2 N–H and O–H groups in total. The first-order valence-electron chi connectivity index (χ1n) is 2.34. The minimum Gasteiger partial charge on any atom is -0.480 e. The number of carboxylic acids is 1. The average molecular weight is 167 g/mol. The fourth-order valence-electron chi connectivity index (χ4n) is 0.308. The summed E-state index contributed by atoms with van der Waals surface area (Å²) in [6.07, 6.45) is 1.78. The molecule has 0 spiro atoms. The van der Waals surface area contributed by atoms with E-state index in [1.807, 2.05) is 0 Å². The summed E-state index contributed by atoms with van der Waals surface area (Å²) in [4.78, 5) is 10.2. The van der Waals surface area contributed by atoms with Crippen molar-refractivity contribution in [2.75, 3.05) is 12.0 Å². The Balaban J connectivity index is 3.54. The van der Waals surface area contributed by atoms with Gasteiger partial charge in [-0.05, 0) is 6.26 Å². The topological polar surface area (TPSA) is 49.3 Å². The lowest BCUT2D eigenvalue weighted by atomic mass is 10.4. The molecule has 0 aliphatic heterocycles. The molecule has 0 aliphatic carbocycles. The third-order valence-corrected chi connectivity index (χ3v) is 1.63. The van der Waals surface area contributed by atoms with Gasteiger partial charge < -0.3 is 5.11 Å².